The Hall–Kier alpha value is -3.87. The number of carbonyl (C=O) groups excluding carboxylic acids is 1. The summed E-state index contributed by atoms with van der Waals surface area (Å²) >= 11 is 0. The largest absolute Gasteiger partial charge is 0.497 e. The molecule has 4 aromatic rings. The topological polar surface area (TPSA) is 78.3 Å². The molecule has 0 aliphatic heterocycles. The van der Waals surface area contributed by atoms with Crippen molar-refractivity contribution in [1.82, 2.24) is 20.1 Å². The minimum atomic E-state index is -0.0261. The van der Waals surface area contributed by atoms with Crippen molar-refractivity contribution in [3.8, 4) is 17.3 Å². The van der Waals surface area contributed by atoms with Gasteiger partial charge in [0, 0.05) is 23.9 Å². The second-order valence-corrected chi connectivity index (χ2v) is 8.61. The Kier molecular flexibility index (Phi) is 7.34. The molecule has 1 N–H and O–H groups in total. The van der Waals surface area contributed by atoms with Gasteiger partial charge in [-0.3, -0.25) is 4.79 Å². The zero-order valence-electron chi connectivity index (χ0n) is 21.0. The summed E-state index contributed by atoms with van der Waals surface area (Å²) in [6, 6.07) is 15.9. The number of carbonyl (C=O) groups is 1. The fourth-order valence-corrected chi connectivity index (χ4v) is 4.26. The van der Waals surface area contributed by atoms with Crippen molar-refractivity contribution in [3.63, 3.8) is 0 Å². The third kappa shape index (κ3) is 5.29. The molecule has 0 unspecified atom stereocenters. The lowest BCUT2D eigenvalue weighted by atomic mass is 10.0. The van der Waals surface area contributed by atoms with Gasteiger partial charge in [0.1, 0.15) is 5.75 Å². The number of hydrogen-bond donors (Lipinski definition) is 1. The molecule has 0 bridgehead atoms. The van der Waals surface area contributed by atoms with E-state index in [2.05, 4.69) is 31.3 Å². The molecule has 0 saturated carbocycles. The first kappa shape index (κ1) is 24.3. The third-order valence-corrected chi connectivity index (χ3v) is 6.11. The monoisotopic (exact) mass is 472 g/mol. The van der Waals surface area contributed by atoms with Crippen LogP contribution in [0.5, 0.6) is 11.6 Å². The van der Waals surface area contributed by atoms with Crippen LogP contribution in [0.1, 0.15) is 41.3 Å². The van der Waals surface area contributed by atoms with E-state index < -0.39 is 0 Å². The molecule has 2 aromatic carbocycles. The van der Waals surface area contributed by atoms with Crippen LogP contribution < -0.4 is 14.8 Å². The molecule has 0 aliphatic rings. The summed E-state index contributed by atoms with van der Waals surface area (Å²) in [6.45, 7) is 8.99. The van der Waals surface area contributed by atoms with Crippen LogP contribution in [0, 0.1) is 20.8 Å². The fourth-order valence-electron chi connectivity index (χ4n) is 4.26. The Morgan fingerprint density at radius 3 is 2.57 bits per heavy atom. The Labute approximate surface area is 206 Å². The van der Waals surface area contributed by atoms with Crippen molar-refractivity contribution in [2.24, 2.45) is 0 Å². The fraction of sp³-hybridized carbons (Fsp3) is 0.321. The van der Waals surface area contributed by atoms with Gasteiger partial charge in [-0.15, -0.1) is 0 Å². The molecule has 7 heteroatoms. The summed E-state index contributed by atoms with van der Waals surface area (Å²) in [4.78, 5) is 17.5. The molecule has 0 aliphatic carbocycles. The second-order valence-electron chi connectivity index (χ2n) is 8.61. The number of hydrogen-bond acceptors (Lipinski definition) is 5. The maximum absolute atomic E-state index is 12.7. The molecule has 4 rings (SSSR count). The Morgan fingerprint density at radius 1 is 1.09 bits per heavy atom. The lowest BCUT2D eigenvalue weighted by molar-refractivity contribution is -0.121. The normalized spacial score (nSPS) is 11.0. The highest BCUT2D eigenvalue weighted by Crippen LogP contribution is 2.32. The van der Waals surface area contributed by atoms with E-state index in [-0.39, 0.29) is 5.91 Å². The minimum absolute atomic E-state index is 0.0261. The number of amides is 1. The molecular formula is C28H32N4O3. The maximum atomic E-state index is 12.7. The van der Waals surface area contributed by atoms with Gasteiger partial charge >= 0.3 is 0 Å². The number of nitrogens with zero attached hydrogens (tertiary/aromatic N) is 3. The quantitative estimate of drug-likeness (QED) is 0.371. The number of fused-ring (bicyclic) bond motifs is 1. The summed E-state index contributed by atoms with van der Waals surface area (Å²) in [5.74, 6) is 1.31. The van der Waals surface area contributed by atoms with Crippen molar-refractivity contribution in [1.29, 1.82) is 0 Å². The molecule has 0 spiro atoms. The van der Waals surface area contributed by atoms with Gasteiger partial charge in [0.15, 0.2) is 5.65 Å². The van der Waals surface area contributed by atoms with E-state index in [1.165, 1.54) is 5.56 Å². The maximum Gasteiger partial charge on any atom is 0.220 e. The Morgan fingerprint density at radius 2 is 1.86 bits per heavy atom. The second kappa shape index (κ2) is 10.6. The third-order valence-electron chi connectivity index (χ3n) is 6.11. The van der Waals surface area contributed by atoms with E-state index in [1.807, 2.05) is 54.9 Å². The van der Waals surface area contributed by atoms with E-state index >= 15 is 0 Å². The predicted octanol–water partition coefficient (Wildman–Crippen LogP) is 5.00. The Balaban J connectivity index is 1.57. The van der Waals surface area contributed by atoms with Crippen LogP contribution in [0.4, 0.5) is 0 Å². The van der Waals surface area contributed by atoms with Crippen LogP contribution in [0.3, 0.4) is 0 Å². The highest BCUT2D eigenvalue weighted by molar-refractivity contribution is 5.86. The number of nitrogens with one attached hydrogen (secondary N) is 1. The number of aryl methyl sites for hydroxylation is 3. The van der Waals surface area contributed by atoms with Crippen LogP contribution in [0.25, 0.3) is 16.7 Å². The van der Waals surface area contributed by atoms with Crippen molar-refractivity contribution in [3.05, 3.63) is 76.5 Å². The van der Waals surface area contributed by atoms with E-state index in [1.54, 1.807) is 7.11 Å². The summed E-state index contributed by atoms with van der Waals surface area (Å²) in [6.07, 6.45) is 0.867. The molecule has 0 radical (unpaired) electrons. The molecular weight excluding hydrogens is 440 g/mol. The highest BCUT2D eigenvalue weighted by atomic mass is 16.5. The molecule has 2 heterocycles. The summed E-state index contributed by atoms with van der Waals surface area (Å²) in [7, 11) is 1.63. The summed E-state index contributed by atoms with van der Waals surface area (Å²) < 4.78 is 13.1. The Bertz CT molecular complexity index is 1340. The SMILES string of the molecule is CCOc1nc2c(c(C)nn2-c2ccc(C)cc2)c(C)c1CCC(=O)NCc1cccc(OC)c1. The van der Waals surface area contributed by atoms with Crippen LogP contribution in [0.2, 0.25) is 0 Å². The van der Waals surface area contributed by atoms with E-state index in [4.69, 9.17) is 19.6 Å². The minimum Gasteiger partial charge on any atom is -0.497 e. The van der Waals surface area contributed by atoms with Crippen molar-refractivity contribution < 1.29 is 14.3 Å². The molecule has 182 valence electrons. The first-order valence-corrected chi connectivity index (χ1v) is 11.9. The standard InChI is InChI=1S/C28H32N4O3/c1-6-35-28-24(14-15-25(33)29-17-21-8-7-9-23(16-21)34-5)19(3)26-20(4)31-32(27(26)30-28)22-12-10-18(2)11-13-22/h7-13,16H,6,14-15,17H2,1-5H3,(H,29,33). The zero-order chi connectivity index (χ0) is 24.9. The van der Waals surface area contributed by atoms with Gasteiger partial charge in [0.2, 0.25) is 11.8 Å². The lowest BCUT2D eigenvalue weighted by Crippen LogP contribution is -2.23. The van der Waals surface area contributed by atoms with E-state index in [9.17, 15) is 4.79 Å². The van der Waals surface area contributed by atoms with Gasteiger partial charge in [-0.1, -0.05) is 29.8 Å². The van der Waals surface area contributed by atoms with Crippen LogP contribution in [-0.2, 0) is 17.8 Å². The van der Waals surface area contributed by atoms with E-state index in [0.717, 1.165) is 44.9 Å². The molecule has 0 fully saturated rings. The van der Waals surface area contributed by atoms with Gasteiger partial charge in [-0.25, -0.2) is 4.68 Å². The van der Waals surface area contributed by atoms with Crippen molar-refractivity contribution >= 4 is 16.9 Å². The molecule has 1 amide bonds. The van der Waals surface area contributed by atoms with Crippen LogP contribution in [0.15, 0.2) is 48.5 Å². The number of pyridine rings is 1. The zero-order valence-corrected chi connectivity index (χ0v) is 21.0. The molecule has 0 saturated heterocycles. The van der Waals surface area contributed by atoms with Gasteiger partial charge in [-0.05, 0) is 69.5 Å². The molecule has 7 nitrogen and oxygen atoms in total. The van der Waals surface area contributed by atoms with Crippen molar-refractivity contribution in [2.45, 2.75) is 47.1 Å². The molecule has 2 aromatic heterocycles. The number of methoxy groups -OCH3 is 1. The smallest absolute Gasteiger partial charge is 0.220 e. The molecule has 0 atom stereocenters. The number of ether oxygens (including phenoxy) is 2. The summed E-state index contributed by atoms with van der Waals surface area (Å²) in [5, 5.41) is 8.77. The first-order chi connectivity index (χ1) is 16.9. The van der Waals surface area contributed by atoms with E-state index in [0.29, 0.717) is 31.9 Å². The number of benzene rings is 2. The van der Waals surface area contributed by atoms with Gasteiger partial charge in [-0.2, -0.15) is 10.1 Å². The van der Waals surface area contributed by atoms with Gasteiger partial charge in [0.05, 0.1) is 25.1 Å². The van der Waals surface area contributed by atoms with Crippen molar-refractivity contribution in [2.75, 3.05) is 13.7 Å². The van der Waals surface area contributed by atoms with Gasteiger partial charge < -0.3 is 14.8 Å². The average molecular weight is 473 g/mol. The summed E-state index contributed by atoms with van der Waals surface area (Å²) in [5.41, 5.74) is 6.79. The number of aromatic nitrogens is 3. The molecule has 35 heavy (non-hydrogen) atoms. The van der Waals surface area contributed by atoms with Crippen LogP contribution >= 0.6 is 0 Å². The average Bonchev–Trinajstić information content (AvgIpc) is 3.19. The highest BCUT2D eigenvalue weighted by Gasteiger charge is 2.20. The predicted molar refractivity (Wildman–Crippen MR) is 137 cm³/mol. The first-order valence-electron chi connectivity index (χ1n) is 11.9. The number of rotatable bonds is 9. The van der Waals surface area contributed by atoms with Gasteiger partial charge in [0.25, 0.3) is 0 Å². The van der Waals surface area contributed by atoms with Crippen LogP contribution in [-0.4, -0.2) is 34.4 Å². The lowest BCUT2D eigenvalue weighted by Gasteiger charge is -2.14.